The molecule has 8 nitrogen and oxygen atoms in total. The lowest BCUT2D eigenvalue weighted by atomic mass is 9.84. The average Bonchev–Trinajstić information content (AvgIpc) is 3.22. The molecule has 160 valence electrons. The summed E-state index contributed by atoms with van der Waals surface area (Å²) >= 11 is 0. The Hall–Kier alpha value is -3.81. The van der Waals surface area contributed by atoms with Crippen LogP contribution in [0.2, 0.25) is 0 Å². The number of H-pyrrole nitrogens is 1. The zero-order valence-electron chi connectivity index (χ0n) is 17.5. The predicted molar refractivity (Wildman–Crippen MR) is 115 cm³/mol. The van der Waals surface area contributed by atoms with Crippen LogP contribution < -0.4 is 19.5 Å². The zero-order valence-corrected chi connectivity index (χ0v) is 17.5. The van der Waals surface area contributed by atoms with E-state index in [1.54, 1.807) is 44.6 Å². The van der Waals surface area contributed by atoms with Gasteiger partial charge in [-0.15, -0.1) is 0 Å². The van der Waals surface area contributed by atoms with E-state index < -0.39 is 5.92 Å². The highest BCUT2D eigenvalue weighted by molar-refractivity contribution is 6.10. The molecule has 2 heterocycles. The van der Waals surface area contributed by atoms with Crippen molar-refractivity contribution in [1.29, 1.82) is 0 Å². The first kappa shape index (κ1) is 20.5. The Morgan fingerprint density at radius 3 is 2.61 bits per heavy atom. The number of nitrogens with zero attached hydrogens (tertiary/aromatic N) is 1. The van der Waals surface area contributed by atoms with Crippen molar-refractivity contribution in [3.05, 3.63) is 53.6 Å². The Balaban J connectivity index is 1.81. The summed E-state index contributed by atoms with van der Waals surface area (Å²) in [7, 11) is 3.12. The first-order valence-corrected chi connectivity index (χ1v) is 9.93. The summed E-state index contributed by atoms with van der Waals surface area (Å²) in [6.07, 6.45) is 0.0200. The number of para-hydroxylation sites is 1. The number of methoxy groups -OCH3 is 2. The van der Waals surface area contributed by atoms with E-state index in [9.17, 15) is 9.59 Å². The third kappa shape index (κ3) is 3.72. The van der Waals surface area contributed by atoms with Gasteiger partial charge in [0.1, 0.15) is 5.75 Å². The predicted octanol–water partition coefficient (Wildman–Crippen LogP) is 3.80. The molecular formula is C23H23N3O5. The van der Waals surface area contributed by atoms with Crippen LogP contribution in [0.4, 0.5) is 5.82 Å². The molecule has 0 spiro atoms. The molecule has 0 saturated carbocycles. The number of aromatic amines is 1. The van der Waals surface area contributed by atoms with Gasteiger partial charge in [0.25, 0.3) is 0 Å². The number of amides is 1. The number of ether oxygens (including phenoxy) is 3. The van der Waals surface area contributed by atoms with Crippen molar-refractivity contribution in [3.8, 4) is 28.5 Å². The molecule has 1 amide bonds. The summed E-state index contributed by atoms with van der Waals surface area (Å²) in [6, 6.07) is 12.5. The number of nitrogens with one attached hydrogen (secondary N) is 2. The summed E-state index contributed by atoms with van der Waals surface area (Å²) in [5, 5.41) is 9.98. The monoisotopic (exact) mass is 421 g/mol. The second kappa shape index (κ2) is 8.51. The number of benzene rings is 2. The number of aromatic nitrogens is 2. The molecule has 1 unspecified atom stereocenters. The number of Topliss-reactive ketones (excluding diaryl/α,β-unsaturated/α-hetero) is 1. The molecule has 0 saturated heterocycles. The number of rotatable bonds is 7. The Labute approximate surface area is 179 Å². The molecule has 0 radical (unpaired) electrons. The van der Waals surface area contributed by atoms with Crippen molar-refractivity contribution < 1.29 is 23.8 Å². The number of hydrogen-bond donors (Lipinski definition) is 2. The van der Waals surface area contributed by atoms with Crippen LogP contribution in [0, 0.1) is 0 Å². The van der Waals surface area contributed by atoms with E-state index in [2.05, 4.69) is 15.5 Å². The number of hydrogen-bond acceptors (Lipinski definition) is 6. The molecule has 1 aliphatic heterocycles. The largest absolute Gasteiger partial charge is 0.493 e. The summed E-state index contributed by atoms with van der Waals surface area (Å²) < 4.78 is 16.4. The van der Waals surface area contributed by atoms with Crippen LogP contribution in [0.15, 0.2) is 42.5 Å². The van der Waals surface area contributed by atoms with Crippen molar-refractivity contribution in [2.24, 2.45) is 0 Å². The van der Waals surface area contributed by atoms with E-state index in [1.165, 1.54) is 0 Å². The fourth-order valence-corrected chi connectivity index (χ4v) is 3.83. The van der Waals surface area contributed by atoms with E-state index in [4.69, 9.17) is 14.2 Å². The number of carbonyl (C=O) groups is 2. The first-order valence-electron chi connectivity index (χ1n) is 9.93. The Bertz CT molecular complexity index is 1140. The average molecular weight is 421 g/mol. The number of ketones is 1. The SMILES string of the molecule is CCOc1ccccc1C(=O)C1CC(=O)Nc2n[nH]c(-c3ccc(OC)c(OC)c3)c21. The summed E-state index contributed by atoms with van der Waals surface area (Å²) in [5.74, 6) is 0.839. The van der Waals surface area contributed by atoms with Crippen LogP contribution in [0.1, 0.15) is 35.2 Å². The lowest BCUT2D eigenvalue weighted by Gasteiger charge is -2.23. The molecule has 0 fully saturated rings. The van der Waals surface area contributed by atoms with Crippen molar-refractivity contribution in [2.75, 3.05) is 26.1 Å². The lowest BCUT2D eigenvalue weighted by molar-refractivity contribution is -0.116. The van der Waals surface area contributed by atoms with Gasteiger partial charge in [-0.1, -0.05) is 12.1 Å². The maximum absolute atomic E-state index is 13.6. The molecule has 0 aliphatic carbocycles. The Kier molecular flexibility index (Phi) is 5.62. The summed E-state index contributed by atoms with van der Waals surface area (Å²) in [5.41, 5.74) is 2.49. The second-order valence-electron chi connectivity index (χ2n) is 7.03. The van der Waals surface area contributed by atoms with Crippen LogP contribution in [-0.4, -0.2) is 42.7 Å². The molecule has 31 heavy (non-hydrogen) atoms. The normalized spacial score (nSPS) is 15.1. The van der Waals surface area contributed by atoms with Gasteiger partial charge in [0, 0.05) is 17.5 Å². The summed E-state index contributed by atoms with van der Waals surface area (Å²) in [4.78, 5) is 25.9. The van der Waals surface area contributed by atoms with Crippen LogP contribution in [0.5, 0.6) is 17.2 Å². The number of fused-ring (bicyclic) bond motifs is 1. The summed E-state index contributed by atoms with van der Waals surface area (Å²) in [6.45, 7) is 2.29. The maximum Gasteiger partial charge on any atom is 0.226 e. The highest BCUT2D eigenvalue weighted by Crippen LogP contribution is 2.42. The van der Waals surface area contributed by atoms with Gasteiger partial charge in [-0.2, -0.15) is 5.10 Å². The smallest absolute Gasteiger partial charge is 0.226 e. The van der Waals surface area contributed by atoms with Gasteiger partial charge in [-0.25, -0.2) is 0 Å². The fourth-order valence-electron chi connectivity index (χ4n) is 3.83. The second-order valence-corrected chi connectivity index (χ2v) is 7.03. The maximum atomic E-state index is 13.6. The molecule has 3 aromatic rings. The van der Waals surface area contributed by atoms with E-state index in [0.29, 0.717) is 46.5 Å². The fraction of sp³-hybridized carbons (Fsp3) is 0.261. The molecular weight excluding hydrogens is 398 g/mol. The molecule has 8 heteroatoms. The zero-order chi connectivity index (χ0) is 22.0. The van der Waals surface area contributed by atoms with Gasteiger partial charge < -0.3 is 19.5 Å². The van der Waals surface area contributed by atoms with E-state index in [-0.39, 0.29) is 18.1 Å². The van der Waals surface area contributed by atoms with Gasteiger partial charge in [0.05, 0.1) is 38.0 Å². The minimum absolute atomic E-state index is 0.0200. The molecule has 1 aromatic heterocycles. The first-order chi connectivity index (χ1) is 15.1. The Morgan fingerprint density at radius 1 is 1.10 bits per heavy atom. The third-order valence-corrected chi connectivity index (χ3v) is 5.24. The van der Waals surface area contributed by atoms with Crippen LogP contribution in [0.25, 0.3) is 11.3 Å². The third-order valence-electron chi connectivity index (χ3n) is 5.24. The van der Waals surface area contributed by atoms with Gasteiger partial charge in [-0.3, -0.25) is 14.7 Å². The highest BCUT2D eigenvalue weighted by atomic mass is 16.5. The van der Waals surface area contributed by atoms with Crippen molar-refractivity contribution in [1.82, 2.24) is 10.2 Å². The van der Waals surface area contributed by atoms with Gasteiger partial charge >= 0.3 is 0 Å². The number of carbonyl (C=O) groups excluding carboxylic acids is 2. The topological polar surface area (TPSA) is 103 Å². The van der Waals surface area contributed by atoms with Crippen molar-refractivity contribution >= 4 is 17.5 Å². The van der Waals surface area contributed by atoms with E-state index in [0.717, 1.165) is 5.56 Å². The van der Waals surface area contributed by atoms with Crippen molar-refractivity contribution in [2.45, 2.75) is 19.3 Å². The lowest BCUT2D eigenvalue weighted by Crippen LogP contribution is -2.27. The molecule has 0 bridgehead atoms. The quantitative estimate of drug-likeness (QED) is 0.563. The molecule has 1 atom stereocenters. The van der Waals surface area contributed by atoms with Gasteiger partial charge in [0.2, 0.25) is 5.91 Å². The van der Waals surface area contributed by atoms with E-state index in [1.807, 2.05) is 19.1 Å². The molecule has 4 rings (SSSR count). The minimum atomic E-state index is -0.702. The molecule has 2 aromatic carbocycles. The standard InChI is InChI=1S/C23H23N3O5/c1-4-31-16-8-6-5-7-14(16)22(28)15-12-19(27)24-23-20(15)21(25-26-23)13-9-10-17(29-2)18(11-13)30-3/h5-11,15H,4,12H2,1-3H3,(H2,24,25,26,27). The Morgan fingerprint density at radius 2 is 1.87 bits per heavy atom. The van der Waals surface area contributed by atoms with Gasteiger partial charge in [-0.05, 0) is 37.3 Å². The molecule has 1 aliphatic rings. The highest BCUT2D eigenvalue weighted by Gasteiger charge is 2.37. The van der Waals surface area contributed by atoms with Crippen LogP contribution >= 0.6 is 0 Å². The van der Waals surface area contributed by atoms with Crippen molar-refractivity contribution in [3.63, 3.8) is 0 Å². The van der Waals surface area contributed by atoms with Gasteiger partial charge in [0.15, 0.2) is 23.1 Å². The molecule has 2 N–H and O–H groups in total. The van der Waals surface area contributed by atoms with E-state index >= 15 is 0 Å². The minimum Gasteiger partial charge on any atom is -0.493 e. The van der Waals surface area contributed by atoms with Crippen LogP contribution in [0.3, 0.4) is 0 Å². The number of anilines is 1. The van der Waals surface area contributed by atoms with Crippen LogP contribution in [-0.2, 0) is 4.79 Å².